The highest BCUT2D eigenvalue weighted by Crippen LogP contribution is 2.13. The molecule has 0 saturated heterocycles. The Morgan fingerprint density at radius 2 is 1.05 bits per heavy atom. The minimum atomic E-state index is -0.167. The molecular formula is C16H33NO2S. The molecule has 0 heterocycles. The predicted molar refractivity (Wildman–Crippen MR) is 88.9 cm³/mol. The zero-order valence-electron chi connectivity index (χ0n) is 12.9. The van der Waals surface area contributed by atoms with E-state index in [0.29, 0.717) is 6.42 Å². The molecule has 120 valence electrons. The van der Waals surface area contributed by atoms with Crippen LogP contribution in [-0.2, 0) is 4.79 Å². The van der Waals surface area contributed by atoms with Gasteiger partial charge in [-0.2, -0.15) is 0 Å². The molecule has 3 nitrogen and oxygen atoms in total. The molecule has 0 aromatic heterocycles. The van der Waals surface area contributed by atoms with Gasteiger partial charge in [-0.05, 0) is 24.9 Å². The highest BCUT2D eigenvalue weighted by molar-refractivity contribution is 7.93. The largest absolute Gasteiger partial charge is 0.370 e. The van der Waals surface area contributed by atoms with Gasteiger partial charge in [-0.3, -0.25) is 4.79 Å². The lowest BCUT2D eigenvalue weighted by atomic mass is 10.0. The number of carbonyl (C=O) groups is 1. The Balaban J connectivity index is 2.94. The third-order valence-corrected chi connectivity index (χ3v) is 4.13. The van der Waals surface area contributed by atoms with Crippen LogP contribution in [-0.4, -0.2) is 16.2 Å². The molecule has 0 aliphatic heterocycles. The molecule has 4 heteroatoms. The first-order valence-corrected chi connectivity index (χ1v) is 9.26. The quantitative estimate of drug-likeness (QED) is 0.306. The van der Waals surface area contributed by atoms with Crippen LogP contribution in [0.2, 0.25) is 0 Å². The molecule has 0 saturated carbocycles. The lowest BCUT2D eigenvalue weighted by molar-refractivity contribution is -0.118. The third-order valence-electron chi connectivity index (χ3n) is 3.66. The summed E-state index contributed by atoms with van der Waals surface area (Å²) in [6.07, 6.45) is 17.1. The molecule has 0 aliphatic carbocycles. The summed E-state index contributed by atoms with van der Waals surface area (Å²) in [5, 5.41) is 0. The van der Waals surface area contributed by atoms with Crippen molar-refractivity contribution in [2.24, 2.45) is 5.73 Å². The highest BCUT2D eigenvalue weighted by atomic mass is 32.2. The van der Waals surface area contributed by atoms with Gasteiger partial charge >= 0.3 is 0 Å². The van der Waals surface area contributed by atoms with Crippen LogP contribution in [0.15, 0.2) is 0 Å². The molecule has 0 fully saturated rings. The van der Waals surface area contributed by atoms with E-state index in [0.717, 1.165) is 37.1 Å². The number of hydrogen-bond donors (Lipinski definition) is 2. The van der Waals surface area contributed by atoms with E-state index in [1.165, 1.54) is 64.2 Å². The molecule has 0 atom stereocenters. The van der Waals surface area contributed by atoms with Crippen molar-refractivity contribution in [3.8, 4) is 0 Å². The Labute approximate surface area is 129 Å². The van der Waals surface area contributed by atoms with Crippen LogP contribution in [0.5, 0.6) is 0 Å². The zero-order valence-corrected chi connectivity index (χ0v) is 13.8. The maximum atomic E-state index is 10.5. The van der Waals surface area contributed by atoms with Crippen molar-refractivity contribution in [3.05, 3.63) is 0 Å². The van der Waals surface area contributed by atoms with Crippen molar-refractivity contribution < 1.29 is 9.35 Å². The molecule has 0 unspecified atom stereocenters. The number of hydrogen-bond acceptors (Lipinski definition) is 3. The third kappa shape index (κ3) is 17.8. The minimum Gasteiger partial charge on any atom is -0.370 e. The molecule has 0 aromatic carbocycles. The first-order chi connectivity index (χ1) is 9.77. The standard InChI is InChI=1S/C16H33NO2S/c17-16(18)14-12-10-8-6-4-2-1-3-5-7-9-11-13-15-20-19/h19H,1-15H2,(H2,17,18). The maximum Gasteiger partial charge on any atom is 0.217 e. The van der Waals surface area contributed by atoms with Gasteiger partial charge in [0.05, 0.1) is 0 Å². The Hall–Kier alpha value is -0.220. The fourth-order valence-electron chi connectivity index (χ4n) is 2.41. The van der Waals surface area contributed by atoms with Gasteiger partial charge in [-0.25, -0.2) is 0 Å². The van der Waals surface area contributed by atoms with Gasteiger partial charge in [0.25, 0.3) is 0 Å². The topological polar surface area (TPSA) is 63.3 Å². The van der Waals surface area contributed by atoms with Gasteiger partial charge in [0.2, 0.25) is 5.91 Å². The average molecular weight is 304 g/mol. The SMILES string of the molecule is NC(=O)CCCCCCCCCCCCCCCSO. The number of unbranched alkanes of at least 4 members (excludes halogenated alkanes) is 12. The molecule has 0 rings (SSSR count). The van der Waals surface area contributed by atoms with Gasteiger partial charge < -0.3 is 10.3 Å². The Morgan fingerprint density at radius 1 is 0.700 bits per heavy atom. The van der Waals surface area contributed by atoms with Crippen LogP contribution in [0.4, 0.5) is 0 Å². The zero-order chi connectivity index (χ0) is 14.9. The second kappa shape index (κ2) is 16.8. The minimum absolute atomic E-state index is 0.167. The van der Waals surface area contributed by atoms with Crippen LogP contribution >= 0.6 is 12.0 Å². The summed E-state index contributed by atoms with van der Waals surface area (Å²) >= 11 is 0.964. The van der Waals surface area contributed by atoms with Crippen LogP contribution in [0.1, 0.15) is 89.9 Å². The summed E-state index contributed by atoms with van der Waals surface area (Å²) in [6.45, 7) is 0. The smallest absolute Gasteiger partial charge is 0.217 e. The van der Waals surface area contributed by atoms with Crippen molar-refractivity contribution >= 4 is 17.9 Å². The van der Waals surface area contributed by atoms with E-state index < -0.39 is 0 Å². The number of rotatable bonds is 16. The summed E-state index contributed by atoms with van der Waals surface area (Å²) in [4.78, 5) is 10.5. The molecule has 0 spiro atoms. The maximum absolute atomic E-state index is 10.5. The molecule has 1 amide bonds. The number of nitrogens with two attached hydrogens (primary N) is 1. The van der Waals surface area contributed by atoms with Gasteiger partial charge in [-0.1, -0.05) is 70.6 Å². The Bertz CT molecular complexity index is 213. The van der Waals surface area contributed by atoms with Gasteiger partial charge in [-0.15, -0.1) is 0 Å². The van der Waals surface area contributed by atoms with E-state index in [4.69, 9.17) is 10.3 Å². The molecular weight excluding hydrogens is 270 g/mol. The molecule has 0 bridgehead atoms. The number of carbonyl (C=O) groups excluding carboxylic acids is 1. The first kappa shape index (κ1) is 19.8. The second-order valence-electron chi connectivity index (χ2n) is 5.65. The summed E-state index contributed by atoms with van der Waals surface area (Å²) in [6, 6.07) is 0. The van der Waals surface area contributed by atoms with Crippen molar-refractivity contribution in [3.63, 3.8) is 0 Å². The van der Waals surface area contributed by atoms with Crippen molar-refractivity contribution in [1.29, 1.82) is 0 Å². The monoisotopic (exact) mass is 303 g/mol. The van der Waals surface area contributed by atoms with Crippen LogP contribution in [0.3, 0.4) is 0 Å². The lowest BCUT2D eigenvalue weighted by Gasteiger charge is -2.03. The molecule has 20 heavy (non-hydrogen) atoms. The first-order valence-electron chi connectivity index (χ1n) is 8.32. The predicted octanol–water partition coefficient (Wildman–Crippen LogP) is 5.14. The van der Waals surface area contributed by atoms with Crippen molar-refractivity contribution in [1.82, 2.24) is 0 Å². The van der Waals surface area contributed by atoms with Crippen LogP contribution < -0.4 is 5.73 Å². The van der Waals surface area contributed by atoms with E-state index in [-0.39, 0.29) is 5.91 Å². The van der Waals surface area contributed by atoms with Crippen LogP contribution in [0.25, 0.3) is 0 Å². The number of primary amides is 1. The molecule has 0 aromatic rings. The van der Waals surface area contributed by atoms with Crippen molar-refractivity contribution in [2.75, 3.05) is 5.75 Å². The Kier molecular flexibility index (Phi) is 16.6. The summed E-state index contributed by atoms with van der Waals surface area (Å²) in [5.74, 6) is 0.722. The van der Waals surface area contributed by atoms with E-state index in [1.54, 1.807) is 0 Å². The van der Waals surface area contributed by atoms with E-state index in [2.05, 4.69) is 0 Å². The van der Waals surface area contributed by atoms with Gasteiger partial charge in [0, 0.05) is 12.2 Å². The van der Waals surface area contributed by atoms with E-state index in [1.807, 2.05) is 0 Å². The Morgan fingerprint density at radius 3 is 1.40 bits per heavy atom. The highest BCUT2D eigenvalue weighted by Gasteiger charge is 1.96. The summed E-state index contributed by atoms with van der Waals surface area (Å²) < 4.78 is 8.58. The summed E-state index contributed by atoms with van der Waals surface area (Å²) in [5.41, 5.74) is 5.10. The van der Waals surface area contributed by atoms with E-state index in [9.17, 15) is 4.79 Å². The average Bonchev–Trinajstić information content (AvgIpc) is 2.43. The van der Waals surface area contributed by atoms with Gasteiger partial charge in [0.15, 0.2) is 0 Å². The van der Waals surface area contributed by atoms with Crippen molar-refractivity contribution in [2.45, 2.75) is 89.9 Å². The molecule has 0 radical (unpaired) electrons. The van der Waals surface area contributed by atoms with Gasteiger partial charge in [0.1, 0.15) is 0 Å². The number of amides is 1. The summed E-state index contributed by atoms with van der Waals surface area (Å²) in [7, 11) is 0. The van der Waals surface area contributed by atoms with Crippen LogP contribution in [0, 0.1) is 0 Å². The molecule has 0 aliphatic rings. The van der Waals surface area contributed by atoms with E-state index >= 15 is 0 Å². The second-order valence-corrected chi connectivity index (χ2v) is 6.31. The lowest BCUT2D eigenvalue weighted by Crippen LogP contribution is -2.09. The normalized spacial score (nSPS) is 10.8. The fraction of sp³-hybridized carbons (Fsp3) is 0.938. The molecule has 3 N–H and O–H groups in total. The fourth-order valence-corrected chi connectivity index (χ4v) is 2.74.